The van der Waals surface area contributed by atoms with Crippen LogP contribution in [0, 0.1) is 6.92 Å². The summed E-state index contributed by atoms with van der Waals surface area (Å²) in [4.78, 5) is 0. The van der Waals surface area contributed by atoms with Crippen LogP contribution in [0.4, 0.5) is 5.69 Å². The summed E-state index contributed by atoms with van der Waals surface area (Å²) in [6.45, 7) is 5.57. The predicted octanol–water partition coefficient (Wildman–Crippen LogP) is 4.09. The predicted molar refractivity (Wildman–Crippen MR) is 82.2 cm³/mol. The maximum atomic E-state index is 3.61. The van der Waals surface area contributed by atoms with Gasteiger partial charge in [-0.2, -0.15) is 0 Å². The molecule has 0 bridgehead atoms. The summed E-state index contributed by atoms with van der Waals surface area (Å²) < 4.78 is 1.18. The number of halogens is 1. The first-order chi connectivity index (χ1) is 8.65. The Hall–Kier alpha value is -0.540. The van der Waals surface area contributed by atoms with E-state index in [1.165, 1.54) is 48.0 Å². The van der Waals surface area contributed by atoms with Crippen molar-refractivity contribution in [3.05, 3.63) is 28.2 Å². The maximum Gasteiger partial charge on any atom is 0.0353 e. The van der Waals surface area contributed by atoms with Gasteiger partial charge in [-0.15, -0.1) is 0 Å². The molecule has 2 nitrogen and oxygen atoms in total. The van der Waals surface area contributed by atoms with Crippen molar-refractivity contribution < 1.29 is 0 Å². The SMILES string of the molecule is Cc1ccc(NC(C)CC2CCCCN2)cc1Br. The van der Waals surface area contributed by atoms with E-state index in [0.29, 0.717) is 12.1 Å². The molecule has 1 aliphatic heterocycles. The van der Waals surface area contributed by atoms with Crippen molar-refractivity contribution in [3.8, 4) is 0 Å². The number of benzene rings is 1. The lowest BCUT2D eigenvalue weighted by Gasteiger charge is -2.27. The molecule has 1 aromatic rings. The zero-order valence-electron chi connectivity index (χ0n) is 11.3. The molecule has 2 unspecified atom stereocenters. The van der Waals surface area contributed by atoms with Crippen LogP contribution in [-0.4, -0.2) is 18.6 Å². The molecule has 0 spiro atoms. The van der Waals surface area contributed by atoms with E-state index < -0.39 is 0 Å². The quantitative estimate of drug-likeness (QED) is 0.875. The van der Waals surface area contributed by atoms with Crippen LogP contribution in [0.15, 0.2) is 22.7 Å². The highest BCUT2D eigenvalue weighted by atomic mass is 79.9. The second-order valence-corrected chi connectivity index (χ2v) is 6.25. The molecule has 1 aliphatic rings. The third-order valence-electron chi connectivity index (χ3n) is 3.64. The Kier molecular flexibility index (Phi) is 5.07. The van der Waals surface area contributed by atoms with Crippen LogP contribution >= 0.6 is 15.9 Å². The van der Waals surface area contributed by atoms with Crippen molar-refractivity contribution in [1.82, 2.24) is 5.32 Å². The van der Waals surface area contributed by atoms with E-state index in [1.54, 1.807) is 0 Å². The van der Waals surface area contributed by atoms with E-state index in [-0.39, 0.29) is 0 Å². The summed E-state index contributed by atoms with van der Waals surface area (Å²) in [5.41, 5.74) is 2.48. The Morgan fingerprint density at radius 2 is 2.28 bits per heavy atom. The highest BCUT2D eigenvalue weighted by molar-refractivity contribution is 9.10. The molecule has 1 aromatic carbocycles. The van der Waals surface area contributed by atoms with Gasteiger partial charge < -0.3 is 10.6 Å². The summed E-state index contributed by atoms with van der Waals surface area (Å²) in [5.74, 6) is 0. The number of hydrogen-bond donors (Lipinski definition) is 2. The third-order valence-corrected chi connectivity index (χ3v) is 4.49. The second kappa shape index (κ2) is 6.58. The standard InChI is InChI=1S/C15H23BrN2/c1-11-6-7-14(10-15(11)16)18-12(2)9-13-5-3-4-8-17-13/h6-7,10,12-13,17-18H,3-5,8-9H2,1-2H3. The minimum absolute atomic E-state index is 0.509. The highest BCUT2D eigenvalue weighted by Gasteiger charge is 2.15. The van der Waals surface area contributed by atoms with Gasteiger partial charge in [-0.05, 0) is 57.4 Å². The van der Waals surface area contributed by atoms with Crippen molar-refractivity contribution in [2.24, 2.45) is 0 Å². The molecule has 18 heavy (non-hydrogen) atoms. The van der Waals surface area contributed by atoms with E-state index in [0.717, 1.165) is 0 Å². The van der Waals surface area contributed by atoms with E-state index in [4.69, 9.17) is 0 Å². The molecular formula is C15H23BrN2. The van der Waals surface area contributed by atoms with Crippen molar-refractivity contribution in [2.45, 2.75) is 51.6 Å². The lowest BCUT2D eigenvalue weighted by atomic mass is 9.98. The largest absolute Gasteiger partial charge is 0.383 e. The summed E-state index contributed by atoms with van der Waals surface area (Å²) >= 11 is 3.58. The Balaban J connectivity index is 1.85. The number of aryl methyl sites for hydroxylation is 1. The normalized spacial score (nSPS) is 21.6. The van der Waals surface area contributed by atoms with Crippen LogP contribution in [0.5, 0.6) is 0 Å². The van der Waals surface area contributed by atoms with Crippen molar-refractivity contribution in [1.29, 1.82) is 0 Å². The van der Waals surface area contributed by atoms with Crippen LogP contribution in [-0.2, 0) is 0 Å². The zero-order valence-corrected chi connectivity index (χ0v) is 12.9. The van der Waals surface area contributed by atoms with E-state index in [1.807, 2.05) is 0 Å². The fourth-order valence-electron chi connectivity index (χ4n) is 2.58. The average Bonchev–Trinajstić information content (AvgIpc) is 2.35. The summed E-state index contributed by atoms with van der Waals surface area (Å²) in [6, 6.07) is 7.67. The molecule has 100 valence electrons. The topological polar surface area (TPSA) is 24.1 Å². The molecule has 1 heterocycles. The first-order valence-corrected chi connectivity index (χ1v) is 7.70. The van der Waals surface area contributed by atoms with Gasteiger partial charge >= 0.3 is 0 Å². The highest BCUT2D eigenvalue weighted by Crippen LogP contribution is 2.22. The van der Waals surface area contributed by atoms with Gasteiger partial charge in [0.2, 0.25) is 0 Å². The summed E-state index contributed by atoms with van der Waals surface area (Å²) in [7, 11) is 0. The summed E-state index contributed by atoms with van der Waals surface area (Å²) in [5, 5.41) is 7.19. The van der Waals surface area contributed by atoms with E-state index >= 15 is 0 Å². The van der Waals surface area contributed by atoms with Crippen LogP contribution in [0.3, 0.4) is 0 Å². The monoisotopic (exact) mass is 310 g/mol. The molecule has 3 heteroatoms. The Labute approximate surface area is 119 Å². The van der Waals surface area contributed by atoms with Gasteiger partial charge in [0.15, 0.2) is 0 Å². The van der Waals surface area contributed by atoms with Gasteiger partial charge in [0, 0.05) is 22.2 Å². The third kappa shape index (κ3) is 3.99. The van der Waals surface area contributed by atoms with Crippen molar-refractivity contribution in [3.63, 3.8) is 0 Å². The molecular weight excluding hydrogens is 288 g/mol. The van der Waals surface area contributed by atoms with Crippen molar-refractivity contribution in [2.75, 3.05) is 11.9 Å². The molecule has 0 aromatic heterocycles. The summed E-state index contributed by atoms with van der Waals surface area (Å²) in [6.07, 6.45) is 5.23. The number of anilines is 1. The smallest absolute Gasteiger partial charge is 0.0353 e. The fraction of sp³-hybridized carbons (Fsp3) is 0.600. The second-order valence-electron chi connectivity index (χ2n) is 5.39. The molecule has 2 rings (SSSR count). The van der Waals surface area contributed by atoms with Gasteiger partial charge in [0.25, 0.3) is 0 Å². The molecule has 2 atom stereocenters. The Bertz CT molecular complexity index is 386. The number of rotatable bonds is 4. The molecule has 0 aliphatic carbocycles. The van der Waals surface area contributed by atoms with Gasteiger partial charge in [-0.25, -0.2) is 0 Å². The molecule has 0 saturated carbocycles. The number of nitrogens with one attached hydrogen (secondary N) is 2. The van der Waals surface area contributed by atoms with Crippen LogP contribution in [0.1, 0.15) is 38.2 Å². The van der Waals surface area contributed by atoms with Gasteiger partial charge in [-0.3, -0.25) is 0 Å². The minimum Gasteiger partial charge on any atom is -0.383 e. The molecule has 0 amide bonds. The fourth-order valence-corrected chi connectivity index (χ4v) is 2.96. The van der Waals surface area contributed by atoms with Crippen LogP contribution < -0.4 is 10.6 Å². The molecule has 2 N–H and O–H groups in total. The van der Waals surface area contributed by atoms with E-state index in [2.05, 4.69) is 58.6 Å². The first-order valence-electron chi connectivity index (χ1n) is 6.91. The Morgan fingerprint density at radius 1 is 1.44 bits per heavy atom. The molecule has 0 radical (unpaired) electrons. The van der Waals surface area contributed by atoms with Crippen LogP contribution in [0.2, 0.25) is 0 Å². The first kappa shape index (κ1) is 13.9. The van der Waals surface area contributed by atoms with Gasteiger partial charge in [0.05, 0.1) is 0 Å². The number of piperidine rings is 1. The van der Waals surface area contributed by atoms with Gasteiger partial charge in [0.1, 0.15) is 0 Å². The van der Waals surface area contributed by atoms with Gasteiger partial charge in [-0.1, -0.05) is 28.4 Å². The lowest BCUT2D eigenvalue weighted by molar-refractivity contribution is 0.371. The van der Waals surface area contributed by atoms with Crippen LogP contribution in [0.25, 0.3) is 0 Å². The molecule has 1 saturated heterocycles. The maximum absolute atomic E-state index is 3.61. The molecule has 1 fully saturated rings. The van der Waals surface area contributed by atoms with E-state index in [9.17, 15) is 0 Å². The van der Waals surface area contributed by atoms with Crippen molar-refractivity contribution >= 4 is 21.6 Å². The average molecular weight is 311 g/mol. The Morgan fingerprint density at radius 3 is 2.94 bits per heavy atom. The minimum atomic E-state index is 0.509. The zero-order chi connectivity index (χ0) is 13.0. The number of hydrogen-bond acceptors (Lipinski definition) is 2. The lowest BCUT2D eigenvalue weighted by Crippen LogP contribution is -2.37.